The maximum Gasteiger partial charge on any atom is 0.254 e. The van der Waals surface area contributed by atoms with Crippen molar-refractivity contribution in [3.8, 4) is 5.75 Å². The molecule has 0 atom stereocenters. The van der Waals surface area contributed by atoms with Crippen molar-refractivity contribution >= 4 is 0 Å². The first kappa shape index (κ1) is 17.9. The first-order valence-corrected chi connectivity index (χ1v) is 10.3. The summed E-state index contributed by atoms with van der Waals surface area (Å²) in [6, 6.07) is 5.10. The molecule has 1 saturated carbocycles. The number of rotatable bonds is 4. The Morgan fingerprint density at radius 2 is 2.07 bits per heavy atom. The van der Waals surface area contributed by atoms with Gasteiger partial charge in [0.25, 0.3) is 5.56 Å². The van der Waals surface area contributed by atoms with E-state index in [1.165, 1.54) is 13.2 Å². The third-order valence-corrected chi connectivity index (χ3v) is 6.81. The van der Waals surface area contributed by atoms with Crippen molar-refractivity contribution in [3.63, 3.8) is 0 Å². The van der Waals surface area contributed by atoms with Crippen LogP contribution in [0.25, 0.3) is 0 Å². The minimum Gasteiger partial charge on any atom is -0.493 e. The number of benzene rings is 1. The van der Waals surface area contributed by atoms with Crippen LogP contribution in [0.5, 0.6) is 5.75 Å². The van der Waals surface area contributed by atoms with Crippen molar-refractivity contribution in [1.29, 1.82) is 0 Å². The highest BCUT2D eigenvalue weighted by Crippen LogP contribution is 2.46. The summed E-state index contributed by atoms with van der Waals surface area (Å²) < 4.78 is 19.2. The second kappa shape index (κ2) is 6.69. The van der Waals surface area contributed by atoms with E-state index in [1.807, 2.05) is 6.07 Å². The van der Waals surface area contributed by atoms with E-state index in [2.05, 4.69) is 9.88 Å². The number of ether oxygens (including phenoxy) is 1. The average molecular weight is 383 g/mol. The topological polar surface area (TPSA) is 58.2 Å². The second-order valence-corrected chi connectivity index (χ2v) is 8.54. The van der Waals surface area contributed by atoms with Crippen LogP contribution in [0.15, 0.2) is 23.0 Å². The number of piperidine rings is 1. The predicted molar refractivity (Wildman–Crippen MR) is 104 cm³/mol. The summed E-state index contributed by atoms with van der Waals surface area (Å²) in [6.45, 7) is 2.53. The van der Waals surface area contributed by atoms with E-state index in [1.54, 1.807) is 6.07 Å². The first-order chi connectivity index (χ1) is 13.6. The highest BCUT2D eigenvalue weighted by atomic mass is 19.1. The second-order valence-electron chi connectivity index (χ2n) is 8.54. The highest BCUT2D eigenvalue weighted by molar-refractivity contribution is 5.36. The Morgan fingerprint density at radius 3 is 2.79 bits per heavy atom. The highest BCUT2D eigenvalue weighted by Gasteiger charge is 2.44. The summed E-state index contributed by atoms with van der Waals surface area (Å²) in [5.74, 6) is 1.39. The fourth-order valence-electron chi connectivity index (χ4n) is 4.99. The van der Waals surface area contributed by atoms with Crippen LogP contribution in [-0.4, -0.2) is 35.1 Å². The van der Waals surface area contributed by atoms with Gasteiger partial charge in [0.1, 0.15) is 5.82 Å². The van der Waals surface area contributed by atoms with E-state index >= 15 is 0 Å². The lowest BCUT2D eigenvalue weighted by molar-refractivity contribution is 0.148. The number of para-hydroxylation sites is 1. The van der Waals surface area contributed by atoms with Crippen molar-refractivity contribution in [2.75, 3.05) is 20.2 Å². The van der Waals surface area contributed by atoms with E-state index in [9.17, 15) is 9.18 Å². The Morgan fingerprint density at radius 1 is 1.29 bits per heavy atom. The van der Waals surface area contributed by atoms with Crippen molar-refractivity contribution in [2.45, 2.75) is 56.4 Å². The number of H-pyrrole nitrogens is 1. The standard InChI is InChI=1S/C22H26FN3O2/c1-28-18-15(3-2-4-17(18)23)13-26-11-9-22(10-12-26)8-7-16-19(22)24-20(14-5-6-14)25-21(16)27/h2-4,14H,5-13H2,1H3,(H,24,25,27). The number of aromatic nitrogens is 2. The number of nitrogens with zero attached hydrogens (tertiary/aromatic N) is 2. The molecule has 28 heavy (non-hydrogen) atoms. The lowest BCUT2D eigenvalue weighted by Gasteiger charge is -2.39. The molecule has 1 saturated heterocycles. The summed E-state index contributed by atoms with van der Waals surface area (Å²) in [7, 11) is 1.52. The van der Waals surface area contributed by atoms with E-state index in [0.717, 1.165) is 74.3 Å². The number of hydrogen-bond acceptors (Lipinski definition) is 4. The molecule has 148 valence electrons. The monoisotopic (exact) mass is 383 g/mol. The third kappa shape index (κ3) is 2.94. The molecule has 2 heterocycles. The van der Waals surface area contributed by atoms with Crippen LogP contribution in [0.2, 0.25) is 0 Å². The molecule has 1 aliphatic heterocycles. The maximum absolute atomic E-state index is 14.0. The number of nitrogens with one attached hydrogen (secondary N) is 1. The van der Waals surface area contributed by atoms with Crippen LogP contribution in [0.4, 0.5) is 4.39 Å². The summed E-state index contributed by atoms with van der Waals surface area (Å²) in [5.41, 5.74) is 2.98. The van der Waals surface area contributed by atoms with Crippen LogP contribution in [0.3, 0.4) is 0 Å². The van der Waals surface area contributed by atoms with Crippen LogP contribution < -0.4 is 10.3 Å². The Hall–Kier alpha value is -2.21. The number of likely N-dealkylation sites (tertiary alicyclic amines) is 1. The largest absolute Gasteiger partial charge is 0.493 e. The van der Waals surface area contributed by atoms with Gasteiger partial charge in [-0.1, -0.05) is 12.1 Å². The third-order valence-electron chi connectivity index (χ3n) is 6.81. The quantitative estimate of drug-likeness (QED) is 0.880. The van der Waals surface area contributed by atoms with Crippen molar-refractivity contribution in [2.24, 2.45) is 0 Å². The molecule has 0 unspecified atom stereocenters. The van der Waals surface area contributed by atoms with Crippen LogP contribution in [-0.2, 0) is 18.4 Å². The zero-order valence-electron chi connectivity index (χ0n) is 16.3. The van der Waals surface area contributed by atoms with Gasteiger partial charge in [0.05, 0.1) is 12.8 Å². The van der Waals surface area contributed by atoms with Crippen molar-refractivity contribution in [3.05, 3.63) is 57.0 Å². The Bertz CT molecular complexity index is 959. The van der Waals surface area contributed by atoms with Gasteiger partial charge in [-0.2, -0.15) is 0 Å². The molecule has 6 heteroatoms. The molecule has 1 aromatic heterocycles. The van der Waals surface area contributed by atoms with Gasteiger partial charge < -0.3 is 9.72 Å². The number of fused-ring (bicyclic) bond motifs is 2. The summed E-state index contributed by atoms with van der Waals surface area (Å²) >= 11 is 0. The average Bonchev–Trinajstić information content (AvgIpc) is 3.48. The van der Waals surface area contributed by atoms with Crippen molar-refractivity contribution < 1.29 is 9.13 Å². The lowest BCUT2D eigenvalue weighted by atomic mass is 9.76. The van der Waals surface area contributed by atoms with Gasteiger partial charge in [0.15, 0.2) is 11.6 Å². The molecular weight excluding hydrogens is 357 g/mol. The molecule has 0 bridgehead atoms. The van der Waals surface area contributed by atoms with Gasteiger partial charge in [0, 0.05) is 29.0 Å². The number of aromatic amines is 1. The smallest absolute Gasteiger partial charge is 0.254 e. The van der Waals surface area contributed by atoms with Gasteiger partial charge in [-0.05, 0) is 57.7 Å². The number of hydrogen-bond donors (Lipinski definition) is 1. The lowest BCUT2D eigenvalue weighted by Crippen LogP contribution is -2.42. The molecule has 0 radical (unpaired) electrons. The molecule has 5 rings (SSSR count). The summed E-state index contributed by atoms with van der Waals surface area (Å²) in [4.78, 5) is 22.9. The van der Waals surface area contributed by atoms with Gasteiger partial charge in [0.2, 0.25) is 0 Å². The molecule has 3 aliphatic rings. The molecular formula is C22H26FN3O2. The van der Waals surface area contributed by atoms with Gasteiger partial charge in [-0.3, -0.25) is 9.69 Å². The minimum atomic E-state index is -0.311. The van der Waals surface area contributed by atoms with Crippen molar-refractivity contribution in [1.82, 2.24) is 14.9 Å². The molecule has 2 aromatic rings. The molecule has 1 spiro atoms. The molecule has 1 N–H and O–H groups in total. The summed E-state index contributed by atoms with van der Waals surface area (Å²) in [5, 5.41) is 0. The van der Waals surface area contributed by atoms with Crippen LogP contribution in [0.1, 0.15) is 60.7 Å². The molecule has 5 nitrogen and oxygen atoms in total. The Labute approximate surface area is 163 Å². The Balaban J connectivity index is 1.35. The zero-order chi connectivity index (χ0) is 19.3. The molecule has 2 fully saturated rings. The van der Waals surface area contributed by atoms with Crippen LogP contribution >= 0.6 is 0 Å². The summed E-state index contributed by atoms with van der Waals surface area (Å²) in [6.07, 6.45) is 6.12. The van der Waals surface area contributed by atoms with E-state index in [0.29, 0.717) is 18.2 Å². The maximum atomic E-state index is 14.0. The van der Waals surface area contributed by atoms with E-state index < -0.39 is 0 Å². The predicted octanol–water partition coefficient (Wildman–Crippen LogP) is 3.28. The fourth-order valence-corrected chi connectivity index (χ4v) is 4.99. The van der Waals surface area contributed by atoms with E-state index in [-0.39, 0.29) is 16.8 Å². The molecule has 2 aliphatic carbocycles. The van der Waals surface area contributed by atoms with Gasteiger partial charge in [-0.25, -0.2) is 9.37 Å². The fraction of sp³-hybridized carbons (Fsp3) is 0.545. The minimum absolute atomic E-state index is 0.0375. The molecule has 1 aromatic carbocycles. The number of methoxy groups -OCH3 is 1. The molecule has 0 amide bonds. The SMILES string of the molecule is COc1c(F)cccc1CN1CCC2(CCc3c2nc(C2CC2)[nH]c3=O)CC1. The zero-order valence-corrected chi connectivity index (χ0v) is 16.3. The first-order valence-electron chi connectivity index (χ1n) is 10.3. The normalized spacial score (nSPS) is 21.1. The van der Waals surface area contributed by atoms with Crippen LogP contribution in [0, 0.1) is 5.82 Å². The number of halogens is 1. The Kier molecular flexibility index (Phi) is 4.27. The van der Waals surface area contributed by atoms with Gasteiger partial charge >= 0.3 is 0 Å². The van der Waals surface area contributed by atoms with E-state index in [4.69, 9.17) is 9.72 Å². The van der Waals surface area contributed by atoms with Gasteiger partial charge in [-0.15, -0.1) is 0 Å².